The Morgan fingerprint density at radius 1 is 1.50 bits per heavy atom. The Bertz CT molecular complexity index is 266. The SMILES string of the molecule is CC1CCCC(SC2(CC(=O)O)CNC2)C1. The molecule has 1 aliphatic carbocycles. The fourth-order valence-corrected chi connectivity index (χ4v) is 4.76. The first-order valence-electron chi connectivity index (χ1n) is 6.20. The average Bonchev–Trinajstić information content (AvgIpc) is 2.13. The zero-order valence-electron chi connectivity index (χ0n) is 9.87. The summed E-state index contributed by atoms with van der Waals surface area (Å²) in [6, 6.07) is 0. The first-order chi connectivity index (χ1) is 7.60. The molecular weight excluding hydrogens is 222 g/mol. The van der Waals surface area contributed by atoms with Gasteiger partial charge in [0, 0.05) is 18.3 Å². The molecular formula is C12H21NO2S. The van der Waals surface area contributed by atoms with Gasteiger partial charge in [0.1, 0.15) is 0 Å². The number of aliphatic carboxylic acids is 1. The third-order valence-corrected chi connectivity index (χ3v) is 5.37. The molecule has 0 aromatic carbocycles. The van der Waals surface area contributed by atoms with Crippen LogP contribution >= 0.6 is 11.8 Å². The van der Waals surface area contributed by atoms with Gasteiger partial charge in [0.15, 0.2) is 0 Å². The van der Waals surface area contributed by atoms with Crippen LogP contribution in [0.2, 0.25) is 0 Å². The van der Waals surface area contributed by atoms with Crippen molar-refractivity contribution < 1.29 is 9.90 Å². The molecule has 2 atom stereocenters. The molecule has 0 bridgehead atoms. The molecule has 0 radical (unpaired) electrons. The van der Waals surface area contributed by atoms with E-state index in [1.165, 1.54) is 25.7 Å². The minimum atomic E-state index is -0.655. The van der Waals surface area contributed by atoms with Gasteiger partial charge in [-0.15, -0.1) is 11.8 Å². The fraction of sp³-hybridized carbons (Fsp3) is 0.917. The maximum atomic E-state index is 10.9. The highest BCUT2D eigenvalue weighted by Gasteiger charge is 2.42. The van der Waals surface area contributed by atoms with E-state index in [4.69, 9.17) is 5.11 Å². The molecule has 1 saturated carbocycles. The third-order valence-electron chi connectivity index (χ3n) is 3.67. The minimum Gasteiger partial charge on any atom is -0.481 e. The molecule has 2 rings (SSSR count). The number of hydrogen-bond donors (Lipinski definition) is 2. The Kier molecular flexibility index (Phi) is 3.80. The van der Waals surface area contributed by atoms with Crippen LogP contribution < -0.4 is 5.32 Å². The molecule has 0 amide bonds. The van der Waals surface area contributed by atoms with Crippen molar-refractivity contribution in [1.82, 2.24) is 5.32 Å². The quantitative estimate of drug-likeness (QED) is 0.794. The summed E-state index contributed by atoms with van der Waals surface area (Å²) in [5.74, 6) is 0.166. The van der Waals surface area contributed by atoms with Crippen LogP contribution in [0.4, 0.5) is 0 Å². The van der Waals surface area contributed by atoms with Crippen LogP contribution in [-0.2, 0) is 4.79 Å². The van der Waals surface area contributed by atoms with Gasteiger partial charge < -0.3 is 10.4 Å². The topological polar surface area (TPSA) is 49.3 Å². The van der Waals surface area contributed by atoms with E-state index in [0.717, 1.165) is 19.0 Å². The Labute approximate surface area is 101 Å². The van der Waals surface area contributed by atoms with E-state index in [0.29, 0.717) is 11.7 Å². The second-order valence-corrected chi connectivity index (χ2v) is 7.14. The standard InChI is InChI=1S/C12H21NO2S/c1-9-3-2-4-10(5-9)16-12(6-11(14)15)7-13-8-12/h9-10,13H,2-8H2,1H3,(H,14,15). The van der Waals surface area contributed by atoms with Gasteiger partial charge in [0.2, 0.25) is 0 Å². The van der Waals surface area contributed by atoms with E-state index in [1.807, 2.05) is 11.8 Å². The second kappa shape index (κ2) is 4.96. The highest BCUT2D eigenvalue weighted by atomic mass is 32.2. The number of thioether (sulfide) groups is 1. The highest BCUT2D eigenvalue weighted by molar-refractivity contribution is 8.01. The van der Waals surface area contributed by atoms with Gasteiger partial charge in [0.25, 0.3) is 0 Å². The van der Waals surface area contributed by atoms with Gasteiger partial charge in [-0.2, -0.15) is 0 Å². The summed E-state index contributed by atoms with van der Waals surface area (Å²) < 4.78 is -0.00639. The van der Waals surface area contributed by atoms with Crippen molar-refractivity contribution in [1.29, 1.82) is 0 Å². The lowest BCUT2D eigenvalue weighted by Crippen LogP contribution is -2.58. The fourth-order valence-electron chi connectivity index (χ4n) is 2.77. The number of nitrogens with one attached hydrogen (secondary N) is 1. The highest BCUT2D eigenvalue weighted by Crippen LogP contribution is 2.42. The Hall–Kier alpha value is -0.220. The van der Waals surface area contributed by atoms with Gasteiger partial charge in [-0.05, 0) is 18.8 Å². The number of carbonyl (C=O) groups is 1. The Morgan fingerprint density at radius 2 is 2.25 bits per heavy atom. The molecule has 0 aromatic heterocycles. The van der Waals surface area contributed by atoms with Gasteiger partial charge in [-0.3, -0.25) is 4.79 Å². The van der Waals surface area contributed by atoms with E-state index < -0.39 is 5.97 Å². The predicted molar refractivity (Wildman–Crippen MR) is 66.9 cm³/mol. The van der Waals surface area contributed by atoms with Gasteiger partial charge in [0.05, 0.1) is 11.2 Å². The normalized spacial score (nSPS) is 33.1. The predicted octanol–water partition coefficient (Wildman–Crippen LogP) is 2.12. The molecule has 2 aliphatic rings. The zero-order chi connectivity index (χ0) is 11.6. The lowest BCUT2D eigenvalue weighted by atomic mass is 9.90. The molecule has 2 unspecified atom stereocenters. The number of rotatable bonds is 4. The van der Waals surface area contributed by atoms with E-state index in [1.54, 1.807) is 0 Å². The third kappa shape index (κ3) is 2.92. The number of carboxylic acids is 1. The molecule has 0 spiro atoms. The van der Waals surface area contributed by atoms with Crippen molar-refractivity contribution in [3.63, 3.8) is 0 Å². The zero-order valence-corrected chi connectivity index (χ0v) is 10.7. The summed E-state index contributed by atoms with van der Waals surface area (Å²) in [7, 11) is 0. The summed E-state index contributed by atoms with van der Waals surface area (Å²) in [6.45, 7) is 4.05. The van der Waals surface area contributed by atoms with E-state index >= 15 is 0 Å². The van der Waals surface area contributed by atoms with Gasteiger partial charge in [-0.25, -0.2) is 0 Å². The van der Waals surface area contributed by atoms with Crippen molar-refractivity contribution in [2.45, 2.75) is 49.0 Å². The van der Waals surface area contributed by atoms with Gasteiger partial charge in [-0.1, -0.05) is 19.8 Å². The molecule has 16 heavy (non-hydrogen) atoms. The minimum absolute atomic E-state index is 0.00639. The molecule has 1 saturated heterocycles. The molecule has 2 fully saturated rings. The second-order valence-electron chi connectivity index (χ2n) is 5.37. The summed E-state index contributed by atoms with van der Waals surface area (Å²) in [6.07, 6.45) is 5.52. The first-order valence-corrected chi connectivity index (χ1v) is 7.08. The Balaban J connectivity index is 1.88. The molecule has 4 heteroatoms. The molecule has 0 aromatic rings. The number of hydrogen-bond acceptors (Lipinski definition) is 3. The van der Waals surface area contributed by atoms with E-state index in [-0.39, 0.29) is 4.75 Å². The van der Waals surface area contributed by atoms with Crippen molar-refractivity contribution in [2.24, 2.45) is 5.92 Å². The maximum Gasteiger partial charge on any atom is 0.304 e. The van der Waals surface area contributed by atoms with Crippen LogP contribution in [0.25, 0.3) is 0 Å². The van der Waals surface area contributed by atoms with E-state index in [2.05, 4.69) is 12.2 Å². The van der Waals surface area contributed by atoms with Crippen LogP contribution in [0.3, 0.4) is 0 Å². The van der Waals surface area contributed by atoms with Crippen molar-refractivity contribution in [3.8, 4) is 0 Å². The molecule has 3 nitrogen and oxygen atoms in total. The van der Waals surface area contributed by atoms with Gasteiger partial charge >= 0.3 is 5.97 Å². The summed E-state index contributed by atoms with van der Waals surface area (Å²) >= 11 is 1.94. The Morgan fingerprint density at radius 3 is 2.75 bits per heavy atom. The van der Waals surface area contributed by atoms with Crippen molar-refractivity contribution in [3.05, 3.63) is 0 Å². The molecule has 2 N–H and O–H groups in total. The first kappa shape index (κ1) is 12.2. The van der Waals surface area contributed by atoms with Crippen molar-refractivity contribution >= 4 is 17.7 Å². The average molecular weight is 243 g/mol. The van der Waals surface area contributed by atoms with Crippen LogP contribution in [0.15, 0.2) is 0 Å². The number of carboxylic acid groups (broad SMARTS) is 1. The van der Waals surface area contributed by atoms with Crippen molar-refractivity contribution in [2.75, 3.05) is 13.1 Å². The largest absolute Gasteiger partial charge is 0.481 e. The molecule has 1 heterocycles. The van der Waals surface area contributed by atoms with Crippen LogP contribution in [0.5, 0.6) is 0 Å². The lowest BCUT2D eigenvalue weighted by molar-refractivity contribution is -0.138. The van der Waals surface area contributed by atoms with Crippen LogP contribution in [-0.4, -0.2) is 34.2 Å². The molecule has 1 aliphatic heterocycles. The maximum absolute atomic E-state index is 10.9. The summed E-state index contributed by atoms with van der Waals surface area (Å²) in [5, 5.41) is 12.9. The van der Waals surface area contributed by atoms with Crippen LogP contribution in [0, 0.1) is 5.92 Å². The van der Waals surface area contributed by atoms with E-state index in [9.17, 15) is 4.79 Å². The monoisotopic (exact) mass is 243 g/mol. The lowest BCUT2D eigenvalue weighted by Gasteiger charge is -2.44. The smallest absolute Gasteiger partial charge is 0.304 e. The van der Waals surface area contributed by atoms with Crippen LogP contribution in [0.1, 0.15) is 39.0 Å². The summed E-state index contributed by atoms with van der Waals surface area (Å²) in [5.41, 5.74) is 0. The summed E-state index contributed by atoms with van der Waals surface area (Å²) in [4.78, 5) is 10.9. The molecule has 92 valence electrons.